The Labute approximate surface area is 144 Å². The molecule has 1 saturated heterocycles. The lowest BCUT2D eigenvalue weighted by Gasteiger charge is -2.31. The molecule has 1 aromatic heterocycles. The lowest BCUT2D eigenvalue weighted by atomic mass is 9.90. The summed E-state index contributed by atoms with van der Waals surface area (Å²) < 4.78 is 18.4. The normalized spacial score (nSPS) is 18.5. The molecule has 5 nitrogen and oxygen atoms in total. The Morgan fingerprint density at radius 3 is 2.92 bits per heavy atom. The van der Waals surface area contributed by atoms with Crippen LogP contribution >= 0.6 is 11.3 Å². The molecule has 1 aliphatic rings. The average molecular weight is 349 g/mol. The number of piperidine rings is 1. The first kappa shape index (κ1) is 17.0. The number of ketones is 1. The van der Waals surface area contributed by atoms with Crippen molar-refractivity contribution in [1.29, 1.82) is 0 Å². The van der Waals surface area contributed by atoms with Crippen LogP contribution in [0.25, 0.3) is 0 Å². The van der Waals surface area contributed by atoms with Crippen LogP contribution in [0.4, 0.5) is 4.39 Å². The van der Waals surface area contributed by atoms with Gasteiger partial charge in [0.2, 0.25) is 0 Å². The molecule has 0 radical (unpaired) electrons. The van der Waals surface area contributed by atoms with Gasteiger partial charge in [0.15, 0.2) is 5.78 Å². The summed E-state index contributed by atoms with van der Waals surface area (Å²) in [6.45, 7) is 4.80. The maximum absolute atomic E-state index is 13.0. The second-order valence-corrected chi connectivity index (χ2v) is 6.86. The predicted octanol–water partition coefficient (Wildman–Crippen LogP) is 3.17. The molecule has 24 heavy (non-hydrogen) atoms. The van der Waals surface area contributed by atoms with Gasteiger partial charge in [0.05, 0.1) is 13.2 Å². The highest BCUT2D eigenvalue weighted by molar-refractivity contribution is 7.13. The zero-order valence-corrected chi connectivity index (χ0v) is 14.4. The zero-order chi connectivity index (χ0) is 16.9. The maximum atomic E-state index is 13.0. The first-order valence-corrected chi connectivity index (χ1v) is 8.94. The summed E-state index contributed by atoms with van der Waals surface area (Å²) in [6, 6.07) is 5.81. The quantitative estimate of drug-likeness (QED) is 0.750. The van der Waals surface area contributed by atoms with Crippen LogP contribution in [-0.2, 0) is 6.54 Å². The minimum atomic E-state index is -0.321. The van der Waals surface area contributed by atoms with Gasteiger partial charge in [-0.3, -0.25) is 9.69 Å². The number of Topliss-reactive ketones (excluding diaryl/α,β-unsaturated/α-hetero) is 1. The fourth-order valence-electron chi connectivity index (χ4n) is 2.94. The first-order chi connectivity index (χ1) is 11.7. The molecule has 1 aromatic carbocycles. The number of carbonyl (C=O) groups is 1. The van der Waals surface area contributed by atoms with Crippen molar-refractivity contribution in [1.82, 2.24) is 15.1 Å². The highest BCUT2D eigenvalue weighted by atomic mass is 32.1. The Hall–Kier alpha value is -1.86. The van der Waals surface area contributed by atoms with E-state index in [1.807, 2.05) is 6.92 Å². The second kappa shape index (κ2) is 7.81. The van der Waals surface area contributed by atoms with Gasteiger partial charge >= 0.3 is 0 Å². The number of hydrogen-bond donors (Lipinski definition) is 0. The SMILES string of the molecule is CCOc1nnc(CN2CCC[C@@H](C(=O)c3ccc(F)cc3)C2)s1. The molecule has 2 heterocycles. The number of rotatable bonds is 6. The van der Waals surface area contributed by atoms with Gasteiger partial charge in [-0.15, -0.1) is 10.2 Å². The summed E-state index contributed by atoms with van der Waals surface area (Å²) in [5.74, 6) is -0.284. The summed E-state index contributed by atoms with van der Waals surface area (Å²) in [5.41, 5.74) is 0.581. The molecular formula is C17H20FN3O2S. The highest BCUT2D eigenvalue weighted by Crippen LogP contribution is 2.25. The van der Waals surface area contributed by atoms with Crippen LogP contribution in [0.5, 0.6) is 5.19 Å². The monoisotopic (exact) mass is 349 g/mol. The third-order valence-electron chi connectivity index (χ3n) is 4.08. The van der Waals surface area contributed by atoms with Gasteiger partial charge in [-0.05, 0) is 50.6 Å². The van der Waals surface area contributed by atoms with Gasteiger partial charge in [0.1, 0.15) is 10.8 Å². The molecule has 0 bridgehead atoms. The summed E-state index contributed by atoms with van der Waals surface area (Å²) in [5, 5.41) is 9.62. The van der Waals surface area contributed by atoms with E-state index < -0.39 is 0 Å². The number of carbonyl (C=O) groups excluding carboxylic acids is 1. The smallest absolute Gasteiger partial charge is 0.294 e. The molecule has 0 unspecified atom stereocenters. The number of halogens is 1. The van der Waals surface area contributed by atoms with Crippen molar-refractivity contribution >= 4 is 17.1 Å². The van der Waals surface area contributed by atoms with Crippen molar-refractivity contribution in [3.63, 3.8) is 0 Å². The molecule has 2 aromatic rings. The van der Waals surface area contributed by atoms with Crippen LogP contribution in [-0.4, -0.2) is 40.6 Å². The van der Waals surface area contributed by atoms with E-state index in [1.54, 1.807) is 12.1 Å². The Morgan fingerprint density at radius 1 is 1.38 bits per heavy atom. The van der Waals surface area contributed by atoms with Crippen molar-refractivity contribution in [2.24, 2.45) is 5.92 Å². The summed E-state index contributed by atoms with van der Waals surface area (Å²) in [4.78, 5) is 14.8. The second-order valence-electron chi connectivity index (χ2n) is 5.84. The molecular weight excluding hydrogens is 329 g/mol. The summed E-state index contributed by atoms with van der Waals surface area (Å²) >= 11 is 1.45. The van der Waals surface area contributed by atoms with Crippen molar-refractivity contribution in [3.8, 4) is 5.19 Å². The van der Waals surface area contributed by atoms with Crippen molar-refractivity contribution in [2.75, 3.05) is 19.7 Å². The molecule has 0 aliphatic carbocycles. The average Bonchev–Trinajstić information content (AvgIpc) is 3.02. The van der Waals surface area contributed by atoms with E-state index in [4.69, 9.17) is 4.74 Å². The van der Waals surface area contributed by atoms with Crippen molar-refractivity contribution < 1.29 is 13.9 Å². The molecule has 7 heteroatoms. The van der Waals surface area contributed by atoms with Crippen LogP contribution in [0.2, 0.25) is 0 Å². The molecule has 0 amide bonds. The topological polar surface area (TPSA) is 55.3 Å². The Bertz CT molecular complexity index is 689. The third kappa shape index (κ3) is 4.15. The molecule has 1 fully saturated rings. The number of nitrogens with zero attached hydrogens (tertiary/aromatic N) is 3. The predicted molar refractivity (Wildman–Crippen MR) is 89.8 cm³/mol. The minimum Gasteiger partial charge on any atom is -0.469 e. The maximum Gasteiger partial charge on any atom is 0.294 e. The van der Waals surface area contributed by atoms with Crippen LogP contribution in [0, 0.1) is 11.7 Å². The van der Waals surface area contributed by atoms with Gasteiger partial charge in [0, 0.05) is 18.0 Å². The van der Waals surface area contributed by atoms with E-state index in [0.717, 1.165) is 24.4 Å². The van der Waals surface area contributed by atoms with E-state index in [1.165, 1.54) is 23.5 Å². The summed E-state index contributed by atoms with van der Waals surface area (Å²) in [7, 11) is 0. The van der Waals surface area contributed by atoms with Gasteiger partial charge < -0.3 is 4.74 Å². The van der Waals surface area contributed by atoms with Crippen LogP contribution in [0.1, 0.15) is 35.1 Å². The van der Waals surface area contributed by atoms with Crippen LogP contribution in [0.15, 0.2) is 24.3 Å². The van der Waals surface area contributed by atoms with E-state index in [-0.39, 0.29) is 17.5 Å². The van der Waals surface area contributed by atoms with Gasteiger partial charge in [-0.2, -0.15) is 0 Å². The van der Waals surface area contributed by atoms with E-state index >= 15 is 0 Å². The van der Waals surface area contributed by atoms with Crippen molar-refractivity contribution in [2.45, 2.75) is 26.3 Å². The Balaban J connectivity index is 1.61. The van der Waals surface area contributed by atoms with Gasteiger partial charge in [-0.25, -0.2) is 4.39 Å². The van der Waals surface area contributed by atoms with Crippen LogP contribution in [0.3, 0.4) is 0 Å². The largest absolute Gasteiger partial charge is 0.469 e. The van der Waals surface area contributed by atoms with Gasteiger partial charge in [-0.1, -0.05) is 11.3 Å². The third-order valence-corrected chi connectivity index (χ3v) is 4.90. The van der Waals surface area contributed by atoms with E-state index in [9.17, 15) is 9.18 Å². The highest BCUT2D eigenvalue weighted by Gasteiger charge is 2.27. The summed E-state index contributed by atoms with van der Waals surface area (Å²) in [6.07, 6.45) is 1.84. The van der Waals surface area contributed by atoms with E-state index in [0.29, 0.717) is 30.5 Å². The molecule has 1 aliphatic heterocycles. The van der Waals surface area contributed by atoms with Crippen molar-refractivity contribution in [3.05, 3.63) is 40.7 Å². The zero-order valence-electron chi connectivity index (χ0n) is 13.6. The Kier molecular flexibility index (Phi) is 5.52. The minimum absolute atomic E-state index is 0.0523. The lowest BCUT2D eigenvalue weighted by molar-refractivity contribution is 0.0811. The van der Waals surface area contributed by atoms with E-state index in [2.05, 4.69) is 15.1 Å². The van der Waals surface area contributed by atoms with Gasteiger partial charge in [0.25, 0.3) is 5.19 Å². The lowest BCUT2D eigenvalue weighted by Crippen LogP contribution is -2.38. The molecule has 1 atom stereocenters. The molecule has 128 valence electrons. The fraction of sp³-hybridized carbons (Fsp3) is 0.471. The molecule has 0 spiro atoms. The Morgan fingerprint density at radius 2 is 2.17 bits per heavy atom. The van der Waals surface area contributed by atoms with Crippen LogP contribution < -0.4 is 4.74 Å². The molecule has 3 rings (SSSR count). The first-order valence-electron chi connectivity index (χ1n) is 8.13. The fourth-order valence-corrected chi connectivity index (χ4v) is 3.73. The number of aromatic nitrogens is 2. The molecule has 0 saturated carbocycles. The number of benzene rings is 1. The number of hydrogen-bond acceptors (Lipinski definition) is 6. The number of ether oxygens (including phenoxy) is 1. The standard InChI is InChI=1S/C17H20FN3O2S/c1-2-23-17-20-19-15(24-17)11-21-9-3-4-13(10-21)16(22)12-5-7-14(18)8-6-12/h5-8,13H,2-4,9-11H2,1H3/t13-/m1/s1. The number of likely N-dealkylation sites (tertiary alicyclic amines) is 1. The molecule has 0 N–H and O–H groups in total.